The summed E-state index contributed by atoms with van der Waals surface area (Å²) in [6.07, 6.45) is 8.99. The number of aliphatic hydroxyl groups is 1. The van der Waals surface area contributed by atoms with E-state index in [1.54, 1.807) is 11.3 Å². The van der Waals surface area contributed by atoms with Gasteiger partial charge >= 0.3 is 0 Å². The molecule has 3 rings (SSSR count). The Labute approximate surface area is 98.4 Å². The second-order valence-electron chi connectivity index (χ2n) is 4.29. The van der Waals surface area contributed by atoms with Crippen molar-refractivity contribution in [3.8, 4) is 0 Å². The lowest BCUT2D eigenvalue weighted by Gasteiger charge is -2.16. The quantitative estimate of drug-likeness (QED) is 0.866. The average Bonchev–Trinajstić information content (AvgIpc) is 2.88. The zero-order chi connectivity index (χ0) is 11.0. The first-order valence-corrected chi connectivity index (χ1v) is 6.45. The first kappa shape index (κ1) is 10.1. The molecule has 0 amide bonds. The molecule has 0 fully saturated rings. The molecule has 1 aliphatic rings. The van der Waals surface area contributed by atoms with E-state index in [0.717, 1.165) is 31.4 Å². The predicted octanol–water partition coefficient (Wildman–Crippen LogP) is 2.36. The van der Waals surface area contributed by atoms with Crippen LogP contribution in [0.1, 0.15) is 34.9 Å². The number of fused-ring (bicyclic) bond motifs is 1. The standard InChI is InChI=1S/C12H14N2OS/c15-12-3-1-2-9-5-14(7-11(9)12)6-10-4-13-8-16-10/h4-5,7-8,12,15H,1-3,6H2. The first-order chi connectivity index (χ1) is 7.83. The van der Waals surface area contributed by atoms with E-state index in [1.165, 1.54) is 10.4 Å². The van der Waals surface area contributed by atoms with Crippen molar-refractivity contribution in [2.24, 2.45) is 0 Å². The summed E-state index contributed by atoms with van der Waals surface area (Å²) in [6, 6.07) is 0. The lowest BCUT2D eigenvalue weighted by Crippen LogP contribution is -2.05. The molecule has 0 aromatic carbocycles. The Morgan fingerprint density at radius 3 is 3.19 bits per heavy atom. The third-order valence-electron chi connectivity index (χ3n) is 3.10. The maximum atomic E-state index is 9.88. The normalized spacial score (nSPS) is 19.7. The maximum Gasteiger partial charge on any atom is 0.0807 e. The van der Waals surface area contributed by atoms with E-state index in [9.17, 15) is 5.11 Å². The molecular weight excluding hydrogens is 220 g/mol. The van der Waals surface area contributed by atoms with Crippen LogP contribution in [0.3, 0.4) is 0 Å². The van der Waals surface area contributed by atoms with Gasteiger partial charge in [-0.2, -0.15) is 0 Å². The highest BCUT2D eigenvalue weighted by atomic mass is 32.1. The van der Waals surface area contributed by atoms with Gasteiger partial charge in [0.2, 0.25) is 0 Å². The molecule has 2 heterocycles. The van der Waals surface area contributed by atoms with Crippen LogP contribution in [0.25, 0.3) is 0 Å². The highest BCUT2D eigenvalue weighted by Gasteiger charge is 2.19. The SMILES string of the molecule is OC1CCCc2cn(Cc3cncs3)cc21. The van der Waals surface area contributed by atoms with Gasteiger partial charge in [0.25, 0.3) is 0 Å². The zero-order valence-corrected chi connectivity index (χ0v) is 9.78. The van der Waals surface area contributed by atoms with Crippen LogP contribution in [-0.4, -0.2) is 14.7 Å². The summed E-state index contributed by atoms with van der Waals surface area (Å²) < 4.78 is 2.16. The van der Waals surface area contributed by atoms with Gasteiger partial charge in [0, 0.05) is 29.0 Å². The molecule has 3 nitrogen and oxygen atoms in total. The van der Waals surface area contributed by atoms with E-state index in [0.29, 0.717) is 0 Å². The lowest BCUT2D eigenvalue weighted by atomic mass is 9.93. The van der Waals surface area contributed by atoms with Gasteiger partial charge in [-0.25, -0.2) is 0 Å². The van der Waals surface area contributed by atoms with Gasteiger partial charge in [-0.05, 0) is 24.8 Å². The number of aliphatic hydroxyl groups excluding tert-OH is 1. The van der Waals surface area contributed by atoms with E-state index in [1.807, 2.05) is 11.7 Å². The van der Waals surface area contributed by atoms with Crippen LogP contribution in [0.4, 0.5) is 0 Å². The zero-order valence-electron chi connectivity index (χ0n) is 8.97. The summed E-state index contributed by atoms with van der Waals surface area (Å²) >= 11 is 1.67. The molecule has 0 bridgehead atoms. The number of nitrogens with zero attached hydrogens (tertiary/aromatic N) is 2. The van der Waals surface area contributed by atoms with Crippen molar-refractivity contribution in [2.75, 3.05) is 0 Å². The minimum atomic E-state index is -0.258. The summed E-state index contributed by atoms with van der Waals surface area (Å²) in [4.78, 5) is 5.32. The average molecular weight is 234 g/mol. The molecule has 0 saturated carbocycles. The van der Waals surface area contributed by atoms with Crippen molar-refractivity contribution < 1.29 is 5.11 Å². The smallest absolute Gasteiger partial charge is 0.0807 e. The molecule has 1 atom stereocenters. The van der Waals surface area contributed by atoms with Gasteiger partial charge in [-0.15, -0.1) is 11.3 Å². The van der Waals surface area contributed by atoms with Crippen molar-refractivity contribution in [2.45, 2.75) is 31.9 Å². The highest BCUT2D eigenvalue weighted by molar-refractivity contribution is 7.09. The minimum absolute atomic E-state index is 0.258. The molecule has 16 heavy (non-hydrogen) atoms. The van der Waals surface area contributed by atoms with Crippen molar-refractivity contribution in [3.05, 3.63) is 40.1 Å². The minimum Gasteiger partial charge on any atom is -0.388 e. The van der Waals surface area contributed by atoms with Crippen LogP contribution < -0.4 is 0 Å². The number of hydrogen-bond acceptors (Lipinski definition) is 3. The van der Waals surface area contributed by atoms with E-state index in [-0.39, 0.29) is 6.10 Å². The van der Waals surface area contributed by atoms with Gasteiger partial charge in [0.15, 0.2) is 0 Å². The van der Waals surface area contributed by atoms with Crippen molar-refractivity contribution in [1.82, 2.24) is 9.55 Å². The number of hydrogen-bond donors (Lipinski definition) is 1. The largest absolute Gasteiger partial charge is 0.388 e. The molecule has 0 spiro atoms. The Hall–Kier alpha value is -1.13. The molecule has 0 radical (unpaired) electrons. The third kappa shape index (κ3) is 1.79. The molecule has 2 aromatic rings. The summed E-state index contributed by atoms with van der Waals surface area (Å²) in [5, 5.41) is 9.88. The Morgan fingerprint density at radius 2 is 2.44 bits per heavy atom. The topological polar surface area (TPSA) is 38.0 Å². The first-order valence-electron chi connectivity index (χ1n) is 5.57. The second-order valence-corrected chi connectivity index (χ2v) is 5.26. The van der Waals surface area contributed by atoms with Crippen molar-refractivity contribution >= 4 is 11.3 Å². The van der Waals surface area contributed by atoms with Crippen LogP contribution in [0.15, 0.2) is 24.1 Å². The molecule has 1 unspecified atom stereocenters. The van der Waals surface area contributed by atoms with E-state index in [4.69, 9.17) is 0 Å². The van der Waals surface area contributed by atoms with Gasteiger partial charge in [-0.3, -0.25) is 4.98 Å². The van der Waals surface area contributed by atoms with Crippen LogP contribution in [0.5, 0.6) is 0 Å². The molecule has 0 aliphatic heterocycles. The van der Waals surface area contributed by atoms with Crippen LogP contribution in [0.2, 0.25) is 0 Å². The van der Waals surface area contributed by atoms with Gasteiger partial charge in [0.05, 0.1) is 18.2 Å². The van der Waals surface area contributed by atoms with Gasteiger partial charge in [0.1, 0.15) is 0 Å². The molecule has 1 aliphatic carbocycles. The van der Waals surface area contributed by atoms with E-state index in [2.05, 4.69) is 21.9 Å². The van der Waals surface area contributed by atoms with Gasteiger partial charge < -0.3 is 9.67 Å². The summed E-state index contributed by atoms with van der Waals surface area (Å²) in [6.45, 7) is 0.865. The van der Waals surface area contributed by atoms with Crippen LogP contribution in [0, 0.1) is 0 Å². The Kier molecular flexibility index (Phi) is 2.53. The number of rotatable bonds is 2. The Balaban J connectivity index is 1.87. The Bertz CT molecular complexity index is 475. The van der Waals surface area contributed by atoms with Crippen molar-refractivity contribution in [1.29, 1.82) is 0 Å². The van der Waals surface area contributed by atoms with E-state index < -0.39 is 0 Å². The molecule has 4 heteroatoms. The predicted molar refractivity (Wildman–Crippen MR) is 63.5 cm³/mol. The molecule has 84 valence electrons. The van der Waals surface area contributed by atoms with Crippen LogP contribution >= 0.6 is 11.3 Å². The second kappa shape index (κ2) is 4.03. The molecule has 2 aromatic heterocycles. The lowest BCUT2D eigenvalue weighted by molar-refractivity contribution is 0.157. The summed E-state index contributed by atoms with van der Waals surface area (Å²) in [5.41, 5.74) is 4.28. The highest BCUT2D eigenvalue weighted by Crippen LogP contribution is 2.30. The van der Waals surface area contributed by atoms with Crippen molar-refractivity contribution in [3.63, 3.8) is 0 Å². The fourth-order valence-corrected chi connectivity index (χ4v) is 2.92. The summed E-state index contributed by atoms with van der Waals surface area (Å²) in [7, 11) is 0. The number of aromatic nitrogens is 2. The molecule has 0 saturated heterocycles. The summed E-state index contributed by atoms with van der Waals surface area (Å²) in [5.74, 6) is 0. The molecule has 1 N–H and O–H groups in total. The Morgan fingerprint density at radius 1 is 1.50 bits per heavy atom. The van der Waals surface area contributed by atoms with Gasteiger partial charge in [-0.1, -0.05) is 0 Å². The monoisotopic (exact) mass is 234 g/mol. The van der Waals surface area contributed by atoms with E-state index >= 15 is 0 Å². The van der Waals surface area contributed by atoms with Crippen LogP contribution in [-0.2, 0) is 13.0 Å². The molecular formula is C12H14N2OS. The third-order valence-corrected chi connectivity index (χ3v) is 3.87. The fourth-order valence-electron chi connectivity index (χ4n) is 2.32. The fraction of sp³-hybridized carbons (Fsp3) is 0.417. The maximum absolute atomic E-state index is 9.88. The number of thiazole rings is 1. The number of aryl methyl sites for hydroxylation is 1.